The van der Waals surface area contributed by atoms with Crippen LogP contribution in [0.3, 0.4) is 0 Å². The number of nitrogens with zero attached hydrogens (tertiary/aromatic N) is 2. The summed E-state index contributed by atoms with van der Waals surface area (Å²) in [6, 6.07) is 20.2. The van der Waals surface area contributed by atoms with E-state index in [-0.39, 0.29) is 23.7 Å². The molecule has 6 nitrogen and oxygen atoms in total. The second kappa shape index (κ2) is 9.28. The van der Waals surface area contributed by atoms with E-state index in [1.807, 2.05) is 43.3 Å². The Labute approximate surface area is 195 Å². The molecule has 3 atom stereocenters. The molecule has 0 aromatic heterocycles. The Morgan fingerprint density at radius 3 is 2.31 bits per heavy atom. The lowest BCUT2D eigenvalue weighted by Crippen LogP contribution is -2.39. The van der Waals surface area contributed by atoms with Crippen molar-refractivity contribution < 1.29 is 9.72 Å². The summed E-state index contributed by atoms with van der Waals surface area (Å²) in [4.78, 5) is 25.7. The van der Waals surface area contributed by atoms with Crippen LogP contribution in [0.25, 0.3) is 0 Å². The molecule has 3 aromatic carbocycles. The number of carbonyl (C=O) groups is 1. The summed E-state index contributed by atoms with van der Waals surface area (Å²) >= 11 is 12.5. The second-order valence-corrected chi connectivity index (χ2v) is 8.59. The number of halogens is 2. The van der Waals surface area contributed by atoms with Crippen molar-refractivity contribution in [2.45, 2.75) is 31.5 Å². The Hall–Kier alpha value is -2.93. The fourth-order valence-electron chi connectivity index (χ4n) is 4.09. The zero-order valence-corrected chi connectivity index (χ0v) is 18.8. The Kier molecular flexibility index (Phi) is 6.46. The Morgan fingerprint density at radius 1 is 1.03 bits per heavy atom. The molecule has 8 heteroatoms. The van der Waals surface area contributed by atoms with E-state index in [9.17, 15) is 14.9 Å². The van der Waals surface area contributed by atoms with Crippen molar-refractivity contribution >= 4 is 40.5 Å². The van der Waals surface area contributed by atoms with E-state index in [1.165, 1.54) is 12.1 Å². The number of hydrogen-bond donors (Lipinski definition) is 1. The van der Waals surface area contributed by atoms with Crippen LogP contribution in [0.15, 0.2) is 72.8 Å². The minimum Gasteiger partial charge on any atom is -0.303 e. The van der Waals surface area contributed by atoms with Crippen LogP contribution in [0.4, 0.5) is 11.4 Å². The van der Waals surface area contributed by atoms with Gasteiger partial charge < -0.3 is 4.90 Å². The number of carbonyl (C=O) groups excluding carboxylic acids is 1. The third-order valence-electron chi connectivity index (χ3n) is 5.73. The highest BCUT2D eigenvalue weighted by molar-refractivity contribution is 6.31. The third kappa shape index (κ3) is 4.48. The highest BCUT2D eigenvalue weighted by atomic mass is 35.5. The molecule has 164 valence electrons. The molecule has 3 aromatic rings. The first-order valence-electron chi connectivity index (χ1n) is 10.2. The minimum absolute atomic E-state index is 0.0330. The average molecular weight is 470 g/mol. The smallest absolute Gasteiger partial charge is 0.269 e. The van der Waals surface area contributed by atoms with Gasteiger partial charge in [-0.1, -0.05) is 53.5 Å². The van der Waals surface area contributed by atoms with E-state index in [1.54, 1.807) is 29.2 Å². The fourth-order valence-corrected chi connectivity index (χ4v) is 4.48. The number of nitro groups is 1. The number of rotatable bonds is 6. The fraction of sp³-hybridized carbons (Fsp3) is 0.208. The predicted octanol–water partition coefficient (Wildman–Crippen LogP) is 6.10. The lowest BCUT2D eigenvalue weighted by molar-refractivity contribution is -0.384. The molecule has 1 aliphatic rings. The van der Waals surface area contributed by atoms with Gasteiger partial charge in [-0.15, -0.1) is 0 Å². The second-order valence-electron chi connectivity index (χ2n) is 7.75. The van der Waals surface area contributed by atoms with Gasteiger partial charge in [0.25, 0.3) is 5.69 Å². The van der Waals surface area contributed by atoms with Crippen molar-refractivity contribution in [1.29, 1.82) is 0 Å². The van der Waals surface area contributed by atoms with Crippen LogP contribution in [-0.4, -0.2) is 16.9 Å². The molecule has 1 heterocycles. The van der Waals surface area contributed by atoms with E-state index in [0.29, 0.717) is 16.5 Å². The molecule has 0 aliphatic carbocycles. The Bertz CT molecular complexity index is 1140. The topological polar surface area (TPSA) is 75.5 Å². The monoisotopic (exact) mass is 469 g/mol. The van der Waals surface area contributed by atoms with E-state index >= 15 is 0 Å². The van der Waals surface area contributed by atoms with E-state index in [0.717, 1.165) is 16.8 Å². The van der Waals surface area contributed by atoms with E-state index < -0.39 is 11.0 Å². The average Bonchev–Trinajstić information content (AvgIpc) is 3.10. The number of amides is 1. The first-order valence-corrected chi connectivity index (χ1v) is 10.9. The molecule has 1 saturated heterocycles. The minimum atomic E-state index is -0.447. The molecule has 1 aliphatic heterocycles. The Morgan fingerprint density at radius 2 is 1.69 bits per heavy atom. The van der Waals surface area contributed by atoms with Crippen molar-refractivity contribution in [3.8, 4) is 0 Å². The zero-order chi connectivity index (χ0) is 22.8. The number of nitro benzene ring substituents is 1. The van der Waals surface area contributed by atoms with Gasteiger partial charge in [0, 0.05) is 33.9 Å². The molecule has 0 spiro atoms. The quantitative estimate of drug-likeness (QED) is 0.349. The van der Waals surface area contributed by atoms with Gasteiger partial charge in [-0.05, 0) is 54.8 Å². The van der Waals surface area contributed by atoms with Gasteiger partial charge in [0.2, 0.25) is 5.91 Å². The molecule has 1 N–H and O–H groups in total. The van der Waals surface area contributed by atoms with Crippen LogP contribution >= 0.6 is 23.2 Å². The normalized spacial score (nSPS) is 19.2. The van der Waals surface area contributed by atoms with Crippen molar-refractivity contribution in [2.24, 2.45) is 0 Å². The van der Waals surface area contributed by atoms with Gasteiger partial charge in [-0.3, -0.25) is 20.2 Å². The van der Waals surface area contributed by atoms with Gasteiger partial charge in [0.15, 0.2) is 0 Å². The van der Waals surface area contributed by atoms with Crippen LogP contribution in [0.5, 0.6) is 0 Å². The maximum absolute atomic E-state index is 13.5. The molecule has 1 amide bonds. The maximum atomic E-state index is 13.5. The highest BCUT2D eigenvalue weighted by Gasteiger charge is 2.42. The molecular formula is C24H21Cl2N3O3. The summed E-state index contributed by atoms with van der Waals surface area (Å²) in [5.41, 5.74) is 2.52. The maximum Gasteiger partial charge on any atom is 0.269 e. The predicted molar refractivity (Wildman–Crippen MR) is 126 cm³/mol. The van der Waals surface area contributed by atoms with Crippen LogP contribution < -0.4 is 10.2 Å². The first-order chi connectivity index (χ1) is 15.3. The van der Waals surface area contributed by atoms with Gasteiger partial charge in [-0.25, -0.2) is 0 Å². The summed E-state index contributed by atoms with van der Waals surface area (Å²) in [6.45, 7) is 1.93. The summed E-state index contributed by atoms with van der Waals surface area (Å²) in [5.74, 6) is -0.0639. The van der Waals surface area contributed by atoms with Crippen molar-refractivity contribution in [2.75, 3.05) is 4.90 Å². The first kappa shape index (κ1) is 22.3. The van der Waals surface area contributed by atoms with E-state index in [4.69, 9.17) is 23.2 Å². The number of non-ortho nitro benzene ring substituents is 1. The molecule has 1 fully saturated rings. The van der Waals surface area contributed by atoms with Gasteiger partial charge in [-0.2, -0.15) is 0 Å². The molecule has 0 radical (unpaired) electrons. The lowest BCUT2D eigenvalue weighted by Gasteiger charge is -2.26. The third-order valence-corrected chi connectivity index (χ3v) is 6.33. The molecule has 0 saturated carbocycles. The molecular weight excluding hydrogens is 449 g/mol. The molecule has 4 rings (SSSR count). The largest absolute Gasteiger partial charge is 0.303 e. The zero-order valence-electron chi connectivity index (χ0n) is 17.2. The summed E-state index contributed by atoms with van der Waals surface area (Å²) in [5, 5.41) is 15.5. The SMILES string of the molecule is C[C@@H](N[C@@H]1C[C@H](c2ccccc2Cl)N(c2ccc(Cl)cc2)C1=O)c1ccc([N+](=O)[O-])cc1. The standard InChI is InChI=1S/C24H21Cl2N3O3/c1-15(16-6-10-19(11-7-16)29(31)32)27-22-14-23(20-4-2-3-5-21(20)26)28(24(22)30)18-12-8-17(25)9-13-18/h2-13,15,22-23,27H,14H2,1H3/t15-,22-,23-/m1/s1. The Balaban J connectivity index is 1.62. The van der Waals surface area contributed by atoms with Gasteiger partial charge in [0.1, 0.15) is 0 Å². The molecule has 0 unspecified atom stereocenters. The van der Waals surface area contributed by atoms with Crippen LogP contribution in [0, 0.1) is 10.1 Å². The van der Waals surface area contributed by atoms with Crippen LogP contribution in [0.2, 0.25) is 10.0 Å². The van der Waals surface area contributed by atoms with Crippen LogP contribution in [0.1, 0.15) is 36.6 Å². The number of anilines is 1. The van der Waals surface area contributed by atoms with E-state index in [2.05, 4.69) is 5.32 Å². The van der Waals surface area contributed by atoms with Gasteiger partial charge >= 0.3 is 0 Å². The van der Waals surface area contributed by atoms with Crippen molar-refractivity contribution in [1.82, 2.24) is 5.32 Å². The number of benzene rings is 3. The summed E-state index contributed by atoms with van der Waals surface area (Å²) in [7, 11) is 0. The lowest BCUT2D eigenvalue weighted by atomic mass is 10.0. The summed E-state index contributed by atoms with van der Waals surface area (Å²) < 4.78 is 0. The molecule has 0 bridgehead atoms. The van der Waals surface area contributed by atoms with Gasteiger partial charge in [0.05, 0.1) is 17.0 Å². The highest BCUT2D eigenvalue weighted by Crippen LogP contribution is 2.40. The number of hydrogen-bond acceptors (Lipinski definition) is 4. The molecule has 32 heavy (non-hydrogen) atoms. The van der Waals surface area contributed by atoms with Crippen molar-refractivity contribution in [3.05, 3.63) is 104 Å². The summed E-state index contributed by atoms with van der Waals surface area (Å²) in [6.07, 6.45) is 0.530. The number of nitrogens with one attached hydrogen (secondary N) is 1. The van der Waals surface area contributed by atoms with Crippen molar-refractivity contribution in [3.63, 3.8) is 0 Å². The van der Waals surface area contributed by atoms with Crippen LogP contribution in [-0.2, 0) is 4.79 Å².